The number of carbonyl (C=O) groups is 2. The fourth-order valence-corrected chi connectivity index (χ4v) is 3.51. The first-order valence-electron chi connectivity index (χ1n) is 8.89. The summed E-state index contributed by atoms with van der Waals surface area (Å²) in [5.74, 6) is 0.318. The van der Waals surface area contributed by atoms with Crippen molar-refractivity contribution in [1.29, 1.82) is 0 Å². The van der Waals surface area contributed by atoms with Crippen LogP contribution in [0.1, 0.15) is 21.7 Å². The van der Waals surface area contributed by atoms with E-state index in [2.05, 4.69) is 5.32 Å². The van der Waals surface area contributed by atoms with Crippen molar-refractivity contribution in [2.45, 2.75) is 17.6 Å². The summed E-state index contributed by atoms with van der Waals surface area (Å²) in [6, 6.07) is 19.3. The molecule has 0 bridgehead atoms. The van der Waals surface area contributed by atoms with E-state index in [4.69, 9.17) is 4.42 Å². The number of hydrogen-bond acceptors (Lipinski definition) is 4. The van der Waals surface area contributed by atoms with E-state index in [0.717, 1.165) is 16.0 Å². The van der Waals surface area contributed by atoms with Crippen molar-refractivity contribution in [1.82, 2.24) is 4.90 Å². The molecule has 0 aliphatic carbocycles. The number of amides is 2. The van der Waals surface area contributed by atoms with E-state index in [1.54, 1.807) is 24.9 Å². The lowest BCUT2D eigenvalue weighted by Gasteiger charge is -2.16. The number of carbonyl (C=O) groups excluding carboxylic acids is 2. The maximum absolute atomic E-state index is 12.7. The number of nitrogens with one attached hydrogen (secondary N) is 1. The predicted octanol–water partition coefficient (Wildman–Crippen LogP) is 4.59. The SMILES string of the molecule is Cc1ccc(NC(=O)CN(C)C(=O)c2occc2CSc2ccccc2)cc1. The van der Waals surface area contributed by atoms with Crippen LogP contribution in [0.2, 0.25) is 0 Å². The molecule has 0 atom stereocenters. The van der Waals surface area contributed by atoms with E-state index in [1.165, 1.54) is 11.2 Å². The Hall–Kier alpha value is -2.99. The Bertz CT molecular complexity index is 936. The van der Waals surface area contributed by atoms with E-state index < -0.39 is 0 Å². The third-order valence-corrected chi connectivity index (χ3v) is 5.20. The molecule has 2 aromatic carbocycles. The summed E-state index contributed by atoms with van der Waals surface area (Å²) in [5, 5.41) is 2.79. The Balaban J connectivity index is 1.58. The van der Waals surface area contributed by atoms with Crippen LogP contribution >= 0.6 is 11.8 Å². The summed E-state index contributed by atoms with van der Waals surface area (Å²) >= 11 is 1.63. The maximum Gasteiger partial charge on any atom is 0.290 e. The van der Waals surface area contributed by atoms with Gasteiger partial charge in [-0.3, -0.25) is 9.59 Å². The molecule has 0 radical (unpaired) electrons. The van der Waals surface area contributed by atoms with Crippen LogP contribution in [0.4, 0.5) is 5.69 Å². The summed E-state index contributed by atoms with van der Waals surface area (Å²) < 4.78 is 5.41. The Morgan fingerprint density at radius 3 is 2.46 bits per heavy atom. The summed E-state index contributed by atoms with van der Waals surface area (Å²) in [4.78, 5) is 27.4. The number of furan rings is 1. The summed E-state index contributed by atoms with van der Waals surface area (Å²) in [7, 11) is 1.59. The summed E-state index contributed by atoms with van der Waals surface area (Å²) in [6.07, 6.45) is 1.51. The van der Waals surface area contributed by atoms with Gasteiger partial charge in [-0.05, 0) is 37.3 Å². The molecule has 28 heavy (non-hydrogen) atoms. The third kappa shape index (κ3) is 5.27. The minimum Gasteiger partial charge on any atom is -0.459 e. The number of likely N-dealkylation sites (N-methyl/N-ethyl adjacent to an activating group) is 1. The van der Waals surface area contributed by atoms with Gasteiger partial charge in [-0.25, -0.2) is 0 Å². The van der Waals surface area contributed by atoms with Crippen molar-refractivity contribution >= 4 is 29.3 Å². The zero-order valence-corrected chi connectivity index (χ0v) is 16.7. The number of hydrogen-bond donors (Lipinski definition) is 1. The Kier molecular flexibility index (Phi) is 6.55. The van der Waals surface area contributed by atoms with Crippen molar-refractivity contribution in [2.75, 3.05) is 18.9 Å². The van der Waals surface area contributed by atoms with Crippen LogP contribution in [-0.4, -0.2) is 30.3 Å². The Morgan fingerprint density at radius 2 is 1.75 bits per heavy atom. The Labute approximate surface area is 168 Å². The topological polar surface area (TPSA) is 62.6 Å². The second-order valence-corrected chi connectivity index (χ2v) is 7.50. The highest BCUT2D eigenvalue weighted by Gasteiger charge is 2.21. The van der Waals surface area contributed by atoms with Gasteiger partial charge in [-0.1, -0.05) is 35.9 Å². The minimum absolute atomic E-state index is 0.0569. The average Bonchev–Trinajstić information content (AvgIpc) is 3.17. The number of thioether (sulfide) groups is 1. The van der Waals surface area contributed by atoms with Crippen LogP contribution in [0.3, 0.4) is 0 Å². The van der Waals surface area contributed by atoms with Gasteiger partial charge in [0.1, 0.15) is 0 Å². The first-order valence-corrected chi connectivity index (χ1v) is 9.87. The van der Waals surface area contributed by atoms with Gasteiger partial charge in [0, 0.05) is 28.9 Å². The van der Waals surface area contributed by atoms with Gasteiger partial charge in [0.05, 0.1) is 12.8 Å². The molecule has 144 valence electrons. The smallest absolute Gasteiger partial charge is 0.290 e. The fourth-order valence-electron chi connectivity index (χ4n) is 2.61. The summed E-state index contributed by atoms with van der Waals surface area (Å²) in [5.41, 5.74) is 2.63. The molecular weight excluding hydrogens is 372 g/mol. The van der Waals surface area contributed by atoms with E-state index >= 15 is 0 Å². The highest BCUT2D eigenvalue weighted by Crippen LogP contribution is 2.25. The molecule has 3 rings (SSSR count). The van der Waals surface area contributed by atoms with Crippen molar-refractivity contribution in [3.05, 3.63) is 83.8 Å². The van der Waals surface area contributed by atoms with Gasteiger partial charge < -0.3 is 14.6 Å². The van der Waals surface area contributed by atoms with E-state index in [9.17, 15) is 9.59 Å². The molecule has 1 aromatic heterocycles. The van der Waals surface area contributed by atoms with Gasteiger partial charge in [-0.2, -0.15) is 0 Å². The van der Waals surface area contributed by atoms with Gasteiger partial charge in [-0.15, -0.1) is 11.8 Å². The fraction of sp³-hybridized carbons (Fsp3) is 0.182. The second-order valence-electron chi connectivity index (χ2n) is 6.45. The van der Waals surface area contributed by atoms with Crippen LogP contribution in [0.15, 0.2) is 76.2 Å². The van der Waals surface area contributed by atoms with Gasteiger partial charge in [0.25, 0.3) is 5.91 Å². The largest absolute Gasteiger partial charge is 0.459 e. The molecule has 0 saturated carbocycles. The molecule has 5 nitrogen and oxygen atoms in total. The van der Waals surface area contributed by atoms with Gasteiger partial charge in [0.2, 0.25) is 5.91 Å². The van der Waals surface area contributed by atoms with Crippen LogP contribution in [0.25, 0.3) is 0 Å². The lowest BCUT2D eigenvalue weighted by Crippen LogP contribution is -2.35. The minimum atomic E-state index is -0.312. The highest BCUT2D eigenvalue weighted by molar-refractivity contribution is 7.98. The second kappa shape index (κ2) is 9.28. The molecule has 0 fully saturated rings. The van der Waals surface area contributed by atoms with Crippen LogP contribution < -0.4 is 5.32 Å². The zero-order chi connectivity index (χ0) is 19.9. The van der Waals surface area contributed by atoms with Crippen molar-refractivity contribution < 1.29 is 14.0 Å². The molecule has 0 aliphatic heterocycles. The first kappa shape index (κ1) is 19.8. The molecule has 0 unspecified atom stereocenters. The lowest BCUT2D eigenvalue weighted by atomic mass is 10.2. The molecule has 1 heterocycles. The van der Waals surface area contributed by atoms with Crippen molar-refractivity contribution in [3.8, 4) is 0 Å². The van der Waals surface area contributed by atoms with Crippen LogP contribution in [0, 0.1) is 6.92 Å². The average molecular weight is 394 g/mol. The standard InChI is InChI=1S/C22H22N2O3S/c1-16-8-10-18(11-9-16)23-20(25)14-24(2)22(26)21-17(12-13-27-21)15-28-19-6-4-3-5-7-19/h3-13H,14-15H2,1-2H3,(H,23,25). The van der Waals surface area contributed by atoms with Crippen molar-refractivity contribution in [2.24, 2.45) is 0 Å². The predicted molar refractivity (Wildman–Crippen MR) is 111 cm³/mol. The molecule has 3 aromatic rings. The quantitative estimate of drug-likeness (QED) is 0.595. The highest BCUT2D eigenvalue weighted by atomic mass is 32.2. The number of nitrogens with zero attached hydrogens (tertiary/aromatic N) is 1. The Morgan fingerprint density at radius 1 is 1.04 bits per heavy atom. The lowest BCUT2D eigenvalue weighted by molar-refractivity contribution is -0.116. The number of rotatable bonds is 7. The molecular formula is C22H22N2O3S. The van der Waals surface area contributed by atoms with E-state index in [1.807, 2.05) is 61.5 Å². The van der Waals surface area contributed by atoms with Crippen LogP contribution in [-0.2, 0) is 10.5 Å². The normalized spacial score (nSPS) is 10.5. The maximum atomic E-state index is 12.7. The molecule has 1 N–H and O–H groups in total. The molecule has 6 heteroatoms. The van der Waals surface area contributed by atoms with Gasteiger partial charge in [0.15, 0.2) is 5.76 Å². The van der Waals surface area contributed by atoms with E-state index in [-0.39, 0.29) is 24.1 Å². The van der Waals surface area contributed by atoms with Crippen LogP contribution in [0.5, 0.6) is 0 Å². The molecule has 0 spiro atoms. The number of anilines is 1. The molecule has 0 aliphatic rings. The monoisotopic (exact) mass is 394 g/mol. The zero-order valence-electron chi connectivity index (χ0n) is 15.8. The number of aryl methyl sites for hydroxylation is 1. The van der Waals surface area contributed by atoms with E-state index in [0.29, 0.717) is 11.4 Å². The third-order valence-electron chi connectivity index (χ3n) is 4.14. The van der Waals surface area contributed by atoms with Crippen molar-refractivity contribution in [3.63, 3.8) is 0 Å². The number of benzene rings is 2. The van der Waals surface area contributed by atoms with Gasteiger partial charge >= 0.3 is 0 Å². The first-order chi connectivity index (χ1) is 13.5. The summed E-state index contributed by atoms with van der Waals surface area (Å²) in [6.45, 7) is 1.92. The molecule has 0 saturated heterocycles. The molecule has 2 amide bonds.